The fraction of sp³-hybridized carbons (Fsp3) is 0.533. The van der Waals surface area contributed by atoms with Gasteiger partial charge in [0.2, 0.25) is 5.91 Å². The van der Waals surface area contributed by atoms with E-state index in [0.717, 1.165) is 12.0 Å². The first-order valence-corrected chi connectivity index (χ1v) is 6.60. The summed E-state index contributed by atoms with van der Waals surface area (Å²) < 4.78 is 0. The smallest absolute Gasteiger partial charge is 0.229 e. The number of benzene rings is 1. The fourth-order valence-electron chi connectivity index (χ4n) is 2.19. The van der Waals surface area contributed by atoms with Crippen LogP contribution in [0.5, 0.6) is 0 Å². The standard InChI is InChI=1S/C15H24N2O/c1-11(2)9-12(3)17-15(18)14(10-16)13-7-5-4-6-8-13/h4-8,11-12,14H,9-10,16H2,1-3H3,(H,17,18). The van der Waals surface area contributed by atoms with Crippen molar-refractivity contribution in [2.45, 2.75) is 39.2 Å². The molecule has 0 bridgehead atoms. The molecular weight excluding hydrogens is 224 g/mol. The Morgan fingerprint density at radius 1 is 1.22 bits per heavy atom. The van der Waals surface area contributed by atoms with Crippen molar-refractivity contribution in [2.75, 3.05) is 6.54 Å². The van der Waals surface area contributed by atoms with Crippen LogP contribution in [0.25, 0.3) is 0 Å². The number of amides is 1. The van der Waals surface area contributed by atoms with Gasteiger partial charge in [0.05, 0.1) is 5.92 Å². The van der Waals surface area contributed by atoms with Gasteiger partial charge in [0.15, 0.2) is 0 Å². The van der Waals surface area contributed by atoms with E-state index < -0.39 is 0 Å². The Kier molecular flexibility index (Phi) is 5.86. The summed E-state index contributed by atoms with van der Waals surface area (Å²) in [6.45, 7) is 6.68. The molecule has 0 saturated heterocycles. The Hall–Kier alpha value is -1.35. The molecule has 100 valence electrons. The molecule has 0 saturated carbocycles. The molecule has 0 aromatic heterocycles. The number of hydrogen-bond donors (Lipinski definition) is 2. The van der Waals surface area contributed by atoms with Crippen LogP contribution in [-0.4, -0.2) is 18.5 Å². The van der Waals surface area contributed by atoms with Crippen molar-refractivity contribution in [1.29, 1.82) is 0 Å². The maximum absolute atomic E-state index is 12.2. The van der Waals surface area contributed by atoms with Crippen molar-refractivity contribution in [3.8, 4) is 0 Å². The van der Waals surface area contributed by atoms with E-state index in [-0.39, 0.29) is 17.9 Å². The van der Waals surface area contributed by atoms with Gasteiger partial charge >= 0.3 is 0 Å². The predicted octanol–water partition coefficient (Wildman–Crippen LogP) is 2.28. The van der Waals surface area contributed by atoms with E-state index in [1.165, 1.54) is 0 Å². The Morgan fingerprint density at radius 3 is 2.33 bits per heavy atom. The van der Waals surface area contributed by atoms with Gasteiger partial charge in [-0.25, -0.2) is 0 Å². The van der Waals surface area contributed by atoms with Crippen molar-refractivity contribution >= 4 is 5.91 Å². The lowest BCUT2D eigenvalue weighted by atomic mass is 9.97. The topological polar surface area (TPSA) is 55.1 Å². The van der Waals surface area contributed by atoms with Crippen molar-refractivity contribution < 1.29 is 4.79 Å². The molecule has 0 heterocycles. The predicted molar refractivity (Wildman–Crippen MR) is 75.3 cm³/mol. The minimum absolute atomic E-state index is 0.0249. The van der Waals surface area contributed by atoms with Crippen LogP contribution in [0.1, 0.15) is 38.7 Å². The first kappa shape index (κ1) is 14.7. The van der Waals surface area contributed by atoms with E-state index in [4.69, 9.17) is 5.73 Å². The van der Waals surface area contributed by atoms with Gasteiger partial charge in [-0.1, -0.05) is 44.2 Å². The van der Waals surface area contributed by atoms with Gasteiger partial charge in [0.25, 0.3) is 0 Å². The van der Waals surface area contributed by atoms with E-state index in [1.807, 2.05) is 37.3 Å². The zero-order chi connectivity index (χ0) is 13.5. The van der Waals surface area contributed by atoms with Crippen LogP contribution in [0.2, 0.25) is 0 Å². The molecule has 18 heavy (non-hydrogen) atoms. The first-order valence-electron chi connectivity index (χ1n) is 6.60. The lowest BCUT2D eigenvalue weighted by Gasteiger charge is -2.20. The van der Waals surface area contributed by atoms with Crippen molar-refractivity contribution in [3.05, 3.63) is 35.9 Å². The maximum atomic E-state index is 12.2. The maximum Gasteiger partial charge on any atom is 0.229 e. The molecular formula is C15H24N2O. The van der Waals surface area contributed by atoms with Gasteiger partial charge < -0.3 is 11.1 Å². The van der Waals surface area contributed by atoms with E-state index in [9.17, 15) is 4.79 Å². The third-order valence-corrected chi connectivity index (χ3v) is 2.97. The molecule has 1 aromatic carbocycles. The highest BCUT2D eigenvalue weighted by Crippen LogP contribution is 2.15. The van der Waals surface area contributed by atoms with Crippen LogP contribution in [0.15, 0.2) is 30.3 Å². The molecule has 3 nitrogen and oxygen atoms in total. The highest BCUT2D eigenvalue weighted by atomic mass is 16.1. The van der Waals surface area contributed by atoms with Crippen molar-refractivity contribution in [1.82, 2.24) is 5.32 Å². The molecule has 2 atom stereocenters. The second kappa shape index (κ2) is 7.17. The number of hydrogen-bond acceptors (Lipinski definition) is 2. The molecule has 3 N–H and O–H groups in total. The molecule has 0 radical (unpaired) electrons. The third-order valence-electron chi connectivity index (χ3n) is 2.97. The Balaban J connectivity index is 2.63. The van der Waals surface area contributed by atoms with Crippen LogP contribution in [-0.2, 0) is 4.79 Å². The molecule has 0 aliphatic carbocycles. The summed E-state index contributed by atoms with van der Waals surface area (Å²) in [7, 11) is 0. The number of nitrogens with two attached hydrogens (primary N) is 1. The van der Waals surface area contributed by atoms with Gasteiger partial charge in [-0.05, 0) is 24.8 Å². The molecule has 3 heteroatoms. The van der Waals surface area contributed by atoms with Gasteiger partial charge in [0, 0.05) is 12.6 Å². The van der Waals surface area contributed by atoms with Crippen LogP contribution >= 0.6 is 0 Å². The van der Waals surface area contributed by atoms with Crippen LogP contribution in [0.3, 0.4) is 0 Å². The summed E-state index contributed by atoms with van der Waals surface area (Å²) in [5, 5.41) is 3.04. The molecule has 1 aromatic rings. The minimum atomic E-state index is -0.249. The summed E-state index contributed by atoms with van der Waals surface area (Å²) in [5.74, 6) is 0.353. The minimum Gasteiger partial charge on any atom is -0.353 e. The molecule has 1 rings (SSSR count). The zero-order valence-electron chi connectivity index (χ0n) is 11.5. The van der Waals surface area contributed by atoms with Crippen LogP contribution < -0.4 is 11.1 Å². The Labute approximate surface area is 110 Å². The summed E-state index contributed by atoms with van der Waals surface area (Å²) in [6.07, 6.45) is 0.984. The van der Waals surface area contributed by atoms with Gasteiger partial charge in [0.1, 0.15) is 0 Å². The Morgan fingerprint density at radius 2 is 1.83 bits per heavy atom. The lowest BCUT2D eigenvalue weighted by Crippen LogP contribution is -2.39. The number of nitrogens with one attached hydrogen (secondary N) is 1. The average molecular weight is 248 g/mol. The zero-order valence-corrected chi connectivity index (χ0v) is 11.5. The SMILES string of the molecule is CC(C)CC(C)NC(=O)C(CN)c1ccccc1. The number of carbonyl (C=O) groups is 1. The molecule has 0 aliphatic heterocycles. The van der Waals surface area contributed by atoms with E-state index in [2.05, 4.69) is 19.2 Å². The Bertz CT molecular complexity index is 362. The first-order chi connectivity index (χ1) is 8.54. The molecule has 0 aliphatic rings. The fourth-order valence-corrected chi connectivity index (χ4v) is 2.19. The number of rotatable bonds is 6. The second-order valence-electron chi connectivity index (χ2n) is 5.24. The summed E-state index contributed by atoms with van der Waals surface area (Å²) >= 11 is 0. The van der Waals surface area contributed by atoms with Gasteiger partial charge in [-0.2, -0.15) is 0 Å². The van der Waals surface area contributed by atoms with Crippen molar-refractivity contribution in [3.63, 3.8) is 0 Å². The van der Waals surface area contributed by atoms with Crippen molar-refractivity contribution in [2.24, 2.45) is 11.7 Å². The van der Waals surface area contributed by atoms with Crippen LogP contribution in [0.4, 0.5) is 0 Å². The summed E-state index contributed by atoms with van der Waals surface area (Å²) in [4.78, 5) is 12.2. The highest BCUT2D eigenvalue weighted by Gasteiger charge is 2.20. The summed E-state index contributed by atoms with van der Waals surface area (Å²) in [5.41, 5.74) is 6.70. The molecule has 0 fully saturated rings. The molecule has 1 amide bonds. The highest BCUT2D eigenvalue weighted by molar-refractivity contribution is 5.84. The monoisotopic (exact) mass is 248 g/mol. The van der Waals surface area contributed by atoms with E-state index >= 15 is 0 Å². The molecule has 0 spiro atoms. The average Bonchev–Trinajstić information content (AvgIpc) is 2.29. The quantitative estimate of drug-likeness (QED) is 0.811. The van der Waals surface area contributed by atoms with E-state index in [0.29, 0.717) is 12.5 Å². The molecule has 2 unspecified atom stereocenters. The van der Waals surface area contributed by atoms with Crippen LogP contribution in [0, 0.1) is 5.92 Å². The second-order valence-corrected chi connectivity index (χ2v) is 5.24. The number of carbonyl (C=O) groups excluding carboxylic acids is 1. The van der Waals surface area contributed by atoms with Gasteiger partial charge in [-0.3, -0.25) is 4.79 Å². The largest absolute Gasteiger partial charge is 0.353 e. The van der Waals surface area contributed by atoms with E-state index in [1.54, 1.807) is 0 Å². The lowest BCUT2D eigenvalue weighted by molar-refractivity contribution is -0.123. The van der Waals surface area contributed by atoms with Gasteiger partial charge in [-0.15, -0.1) is 0 Å². The third kappa shape index (κ3) is 4.49. The summed E-state index contributed by atoms with van der Waals surface area (Å²) in [6, 6.07) is 9.89. The normalized spacial score (nSPS) is 14.3.